The second kappa shape index (κ2) is 10.4. The number of hydrazine groups is 1. The van der Waals surface area contributed by atoms with Crippen LogP contribution in [0.5, 0.6) is 0 Å². The molecule has 2 aliphatic heterocycles. The molecule has 2 aromatic rings. The van der Waals surface area contributed by atoms with E-state index in [9.17, 15) is 9.59 Å². The third kappa shape index (κ3) is 5.28. The van der Waals surface area contributed by atoms with Crippen LogP contribution in [-0.2, 0) is 9.53 Å². The molecule has 0 aliphatic carbocycles. The van der Waals surface area contributed by atoms with Crippen molar-refractivity contribution < 1.29 is 14.3 Å². The smallest absolute Gasteiger partial charge is 0.339 e. The third-order valence-electron chi connectivity index (χ3n) is 5.86. The summed E-state index contributed by atoms with van der Waals surface area (Å²) in [6, 6.07) is 11.6. The number of pyridine rings is 1. The van der Waals surface area contributed by atoms with Crippen LogP contribution >= 0.6 is 15.9 Å². The van der Waals surface area contributed by atoms with Crippen molar-refractivity contribution in [2.45, 2.75) is 31.8 Å². The number of nitrogens with one attached hydrogen (secondary N) is 2. The number of carbonyl (C=O) groups excluding carboxylic acids is 2. The Morgan fingerprint density at radius 2 is 1.91 bits per heavy atom. The van der Waals surface area contributed by atoms with Crippen molar-refractivity contribution in [3.8, 4) is 0 Å². The van der Waals surface area contributed by atoms with E-state index in [0.29, 0.717) is 25.3 Å². The van der Waals surface area contributed by atoms with Gasteiger partial charge in [-0.1, -0.05) is 28.1 Å². The van der Waals surface area contributed by atoms with E-state index in [4.69, 9.17) is 4.74 Å². The number of hydrogen-bond donors (Lipinski definition) is 2. The van der Waals surface area contributed by atoms with Crippen LogP contribution in [0.4, 0.5) is 5.82 Å². The minimum absolute atomic E-state index is 0.114. The third-order valence-corrected chi connectivity index (χ3v) is 6.39. The van der Waals surface area contributed by atoms with Gasteiger partial charge in [-0.25, -0.2) is 20.6 Å². The minimum Gasteiger partial charge on any atom is -0.462 e. The summed E-state index contributed by atoms with van der Waals surface area (Å²) in [6.07, 6.45) is 3.14. The number of halogens is 1. The van der Waals surface area contributed by atoms with Crippen LogP contribution in [0, 0.1) is 0 Å². The SMILES string of the molecule is CCOC(=O)c1ccc(N2CCCN(C(=O)C3CC(c4ccc(Br)cc4)NN3)CC2)nc1. The summed E-state index contributed by atoms with van der Waals surface area (Å²) >= 11 is 3.46. The highest BCUT2D eigenvalue weighted by atomic mass is 79.9. The molecule has 3 heterocycles. The van der Waals surface area contributed by atoms with Crippen LogP contribution in [0.15, 0.2) is 47.1 Å². The first-order chi connectivity index (χ1) is 15.5. The highest BCUT2D eigenvalue weighted by Crippen LogP contribution is 2.25. The predicted octanol–water partition coefficient (Wildman–Crippen LogP) is 2.67. The molecule has 1 amide bonds. The van der Waals surface area contributed by atoms with Gasteiger partial charge in [0, 0.05) is 42.9 Å². The molecule has 9 heteroatoms. The Kier molecular flexibility index (Phi) is 7.39. The summed E-state index contributed by atoms with van der Waals surface area (Å²) in [7, 11) is 0. The van der Waals surface area contributed by atoms with Crippen molar-refractivity contribution in [2.75, 3.05) is 37.7 Å². The number of esters is 1. The summed E-state index contributed by atoms with van der Waals surface area (Å²) < 4.78 is 6.05. The number of hydrogen-bond acceptors (Lipinski definition) is 7. The van der Waals surface area contributed by atoms with Gasteiger partial charge in [-0.3, -0.25) is 4.79 Å². The fourth-order valence-electron chi connectivity index (χ4n) is 4.13. The molecular formula is C23H28BrN5O3. The molecule has 1 aromatic carbocycles. The second-order valence-electron chi connectivity index (χ2n) is 7.97. The zero-order valence-corrected chi connectivity index (χ0v) is 19.7. The highest BCUT2D eigenvalue weighted by Gasteiger charge is 2.33. The van der Waals surface area contributed by atoms with Gasteiger partial charge in [0.25, 0.3) is 0 Å². The second-order valence-corrected chi connectivity index (χ2v) is 8.89. The van der Waals surface area contributed by atoms with Crippen molar-refractivity contribution in [2.24, 2.45) is 0 Å². The molecule has 2 N–H and O–H groups in total. The van der Waals surface area contributed by atoms with Crippen LogP contribution in [0.2, 0.25) is 0 Å². The fourth-order valence-corrected chi connectivity index (χ4v) is 4.39. The Morgan fingerprint density at radius 1 is 1.09 bits per heavy atom. The van der Waals surface area contributed by atoms with E-state index >= 15 is 0 Å². The molecule has 0 spiro atoms. The number of carbonyl (C=O) groups is 2. The molecule has 2 unspecified atom stereocenters. The van der Waals surface area contributed by atoms with E-state index < -0.39 is 0 Å². The standard InChI is InChI=1S/C23H28BrN5O3/c1-2-32-23(31)17-6-9-21(25-15-17)28-10-3-11-29(13-12-28)22(30)20-14-19(26-27-20)16-4-7-18(24)8-5-16/h4-9,15,19-20,26-27H,2-3,10-14H2,1H3. The first kappa shape index (κ1) is 22.7. The molecule has 0 radical (unpaired) electrons. The number of aromatic nitrogens is 1. The lowest BCUT2D eigenvalue weighted by Gasteiger charge is -2.24. The molecule has 4 rings (SSSR count). The molecule has 2 aliphatic rings. The van der Waals surface area contributed by atoms with Crippen LogP contribution in [-0.4, -0.2) is 60.6 Å². The van der Waals surface area contributed by atoms with Gasteiger partial charge in [0.05, 0.1) is 12.2 Å². The monoisotopic (exact) mass is 501 g/mol. The van der Waals surface area contributed by atoms with Crippen molar-refractivity contribution in [3.05, 3.63) is 58.2 Å². The number of benzene rings is 1. The molecule has 2 fully saturated rings. The van der Waals surface area contributed by atoms with Crippen molar-refractivity contribution in [1.29, 1.82) is 0 Å². The number of rotatable bonds is 5. The van der Waals surface area contributed by atoms with Crippen molar-refractivity contribution >= 4 is 33.6 Å². The molecule has 2 atom stereocenters. The largest absolute Gasteiger partial charge is 0.462 e. The van der Waals surface area contributed by atoms with E-state index in [1.807, 2.05) is 23.1 Å². The maximum atomic E-state index is 13.1. The maximum absolute atomic E-state index is 13.1. The molecule has 170 valence electrons. The summed E-state index contributed by atoms with van der Waals surface area (Å²) in [6.45, 7) is 4.99. The van der Waals surface area contributed by atoms with E-state index in [1.54, 1.807) is 19.2 Å². The fraction of sp³-hybridized carbons (Fsp3) is 0.435. The number of anilines is 1. The topological polar surface area (TPSA) is 86.8 Å². The van der Waals surface area contributed by atoms with E-state index in [1.165, 1.54) is 0 Å². The first-order valence-electron chi connectivity index (χ1n) is 11.0. The molecule has 32 heavy (non-hydrogen) atoms. The van der Waals surface area contributed by atoms with Gasteiger partial charge < -0.3 is 14.5 Å². The summed E-state index contributed by atoms with van der Waals surface area (Å²) in [4.78, 5) is 33.5. The highest BCUT2D eigenvalue weighted by molar-refractivity contribution is 9.10. The number of nitrogens with zero attached hydrogens (tertiary/aromatic N) is 3. The predicted molar refractivity (Wildman–Crippen MR) is 125 cm³/mol. The quantitative estimate of drug-likeness (QED) is 0.608. The van der Waals surface area contributed by atoms with Crippen molar-refractivity contribution in [3.63, 3.8) is 0 Å². The Bertz CT molecular complexity index is 938. The lowest BCUT2D eigenvalue weighted by Crippen LogP contribution is -2.46. The zero-order valence-electron chi connectivity index (χ0n) is 18.1. The lowest BCUT2D eigenvalue weighted by atomic mass is 10.0. The normalized spacial score (nSPS) is 21.3. The number of ether oxygens (including phenoxy) is 1. The van der Waals surface area contributed by atoms with Crippen LogP contribution in [0.3, 0.4) is 0 Å². The van der Waals surface area contributed by atoms with Crippen LogP contribution in [0.25, 0.3) is 0 Å². The first-order valence-corrected chi connectivity index (χ1v) is 11.8. The van der Waals surface area contributed by atoms with Gasteiger partial charge in [-0.2, -0.15) is 0 Å². The van der Waals surface area contributed by atoms with Crippen LogP contribution in [0.1, 0.15) is 41.7 Å². The van der Waals surface area contributed by atoms with Gasteiger partial charge in [0.15, 0.2) is 0 Å². The molecule has 1 aromatic heterocycles. The van der Waals surface area contributed by atoms with Gasteiger partial charge in [0.2, 0.25) is 5.91 Å². The summed E-state index contributed by atoms with van der Waals surface area (Å²) in [5, 5.41) is 0. The average Bonchev–Trinajstić information content (AvgIpc) is 3.17. The van der Waals surface area contributed by atoms with E-state index in [-0.39, 0.29) is 24.0 Å². The molecule has 2 saturated heterocycles. The Balaban J connectivity index is 1.32. The minimum atomic E-state index is -0.363. The summed E-state index contributed by atoms with van der Waals surface area (Å²) in [5.41, 5.74) is 8.06. The molecular weight excluding hydrogens is 474 g/mol. The molecule has 0 bridgehead atoms. The van der Waals surface area contributed by atoms with Gasteiger partial charge in [-0.05, 0) is 49.6 Å². The van der Waals surface area contributed by atoms with E-state index in [0.717, 1.165) is 41.8 Å². The molecule has 8 nitrogen and oxygen atoms in total. The Hall–Kier alpha value is -2.49. The summed E-state index contributed by atoms with van der Waals surface area (Å²) in [5.74, 6) is 0.575. The number of amides is 1. The van der Waals surface area contributed by atoms with Gasteiger partial charge in [-0.15, -0.1) is 0 Å². The van der Waals surface area contributed by atoms with Crippen molar-refractivity contribution in [1.82, 2.24) is 20.7 Å². The zero-order chi connectivity index (χ0) is 22.5. The van der Waals surface area contributed by atoms with Gasteiger partial charge in [0.1, 0.15) is 11.9 Å². The van der Waals surface area contributed by atoms with E-state index in [2.05, 4.69) is 48.8 Å². The lowest BCUT2D eigenvalue weighted by molar-refractivity contribution is -0.133. The molecule has 0 saturated carbocycles. The average molecular weight is 502 g/mol. The Morgan fingerprint density at radius 3 is 2.62 bits per heavy atom. The van der Waals surface area contributed by atoms with Gasteiger partial charge >= 0.3 is 5.97 Å². The maximum Gasteiger partial charge on any atom is 0.339 e. The van der Waals surface area contributed by atoms with Crippen LogP contribution < -0.4 is 15.8 Å². The Labute approximate surface area is 196 Å².